The molecule has 168 valence electrons. The van der Waals surface area contributed by atoms with E-state index < -0.39 is 6.17 Å². The molecular formula is C27H26ClN3O2. The monoisotopic (exact) mass is 459 g/mol. The summed E-state index contributed by atoms with van der Waals surface area (Å²) in [5.41, 5.74) is 2.30. The van der Waals surface area contributed by atoms with Crippen LogP contribution >= 0.6 is 11.6 Å². The molecule has 1 unspecified atom stereocenters. The van der Waals surface area contributed by atoms with Crippen molar-refractivity contribution in [2.24, 2.45) is 10.5 Å². The third kappa shape index (κ3) is 4.99. The maximum atomic E-state index is 13.7. The minimum atomic E-state index is -0.720. The lowest BCUT2D eigenvalue weighted by molar-refractivity contribution is -0.121. The third-order valence-electron chi connectivity index (χ3n) is 5.31. The van der Waals surface area contributed by atoms with E-state index in [-0.39, 0.29) is 17.2 Å². The van der Waals surface area contributed by atoms with Gasteiger partial charge in [0, 0.05) is 11.4 Å². The second-order valence-electron chi connectivity index (χ2n) is 9.25. The van der Waals surface area contributed by atoms with E-state index in [2.05, 4.69) is 5.10 Å². The number of hydrogen-bond acceptors (Lipinski definition) is 3. The summed E-state index contributed by atoms with van der Waals surface area (Å²) in [5.74, 6) is -0.402. The van der Waals surface area contributed by atoms with Crippen LogP contribution in [0, 0.1) is 5.41 Å². The first-order valence-electron chi connectivity index (χ1n) is 10.8. The topological polar surface area (TPSA) is 53.0 Å². The first kappa shape index (κ1) is 22.7. The summed E-state index contributed by atoms with van der Waals surface area (Å²) < 4.78 is 0. The SMILES string of the molecule is CC(C)(C)CC(=O)N1c2ccc(Cl)cc2C(=O)N(/N=C/c2ccccc2)C1c1ccccc1. The maximum Gasteiger partial charge on any atom is 0.278 e. The molecule has 0 bridgehead atoms. The molecular weight excluding hydrogens is 434 g/mol. The molecule has 1 aliphatic rings. The van der Waals surface area contributed by atoms with E-state index >= 15 is 0 Å². The number of carbonyl (C=O) groups excluding carboxylic acids is 2. The smallest absolute Gasteiger partial charge is 0.278 e. The Labute approximate surface area is 199 Å². The Balaban J connectivity index is 1.89. The van der Waals surface area contributed by atoms with Crippen molar-refractivity contribution >= 4 is 35.3 Å². The summed E-state index contributed by atoms with van der Waals surface area (Å²) in [6.07, 6.45) is 1.22. The van der Waals surface area contributed by atoms with Gasteiger partial charge in [0.25, 0.3) is 5.91 Å². The number of hydrogen-bond donors (Lipinski definition) is 0. The molecule has 0 fully saturated rings. The molecule has 0 spiro atoms. The number of nitrogens with zero attached hydrogens (tertiary/aromatic N) is 3. The van der Waals surface area contributed by atoms with Crippen LogP contribution < -0.4 is 4.90 Å². The van der Waals surface area contributed by atoms with Crippen LogP contribution in [0.25, 0.3) is 0 Å². The molecule has 0 radical (unpaired) electrons. The first-order valence-corrected chi connectivity index (χ1v) is 11.2. The highest BCUT2D eigenvalue weighted by molar-refractivity contribution is 6.31. The largest absolute Gasteiger partial charge is 0.284 e. The van der Waals surface area contributed by atoms with Gasteiger partial charge in [-0.2, -0.15) is 5.10 Å². The first-order chi connectivity index (χ1) is 15.7. The van der Waals surface area contributed by atoms with E-state index in [1.807, 2.05) is 81.4 Å². The molecule has 0 saturated heterocycles. The number of rotatable bonds is 4. The summed E-state index contributed by atoms with van der Waals surface area (Å²) in [4.78, 5) is 29.0. The fourth-order valence-corrected chi connectivity index (χ4v) is 4.05. The van der Waals surface area contributed by atoms with Gasteiger partial charge in [0.15, 0.2) is 6.17 Å². The van der Waals surface area contributed by atoms with Gasteiger partial charge in [0.1, 0.15) is 0 Å². The van der Waals surface area contributed by atoms with Crippen molar-refractivity contribution in [3.8, 4) is 0 Å². The fourth-order valence-electron chi connectivity index (χ4n) is 3.87. The van der Waals surface area contributed by atoms with Crippen molar-refractivity contribution in [2.45, 2.75) is 33.4 Å². The van der Waals surface area contributed by atoms with Gasteiger partial charge in [-0.3, -0.25) is 14.5 Å². The Kier molecular flexibility index (Phi) is 6.34. The zero-order chi connectivity index (χ0) is 23.6. The lowest BCUT2D eigenvalue weighted by atomic mass is 9.90. The van der Waals surface area contributed by atoms with E-state index in [4.69, 9.17) is 11.6 Å². The van der Waals surface area contributed by atoms with Crippen LogP contribution in [0.1, 0.15) is 54.8 Å². The van der Waals surface area contributed by atoms with Gasteiger partial charge >= 0.3 is 0 Å². The van der Waals surface area contributed by atoms with Crippen molar-refractivity contribution in [1.82, 2.24) is 5.01 Å². The number of amides is 2. The van der Waals surface area contributed by atoms with Crippen LogP contribution in [0.2, 0.25) is 5.02 Å². The van der Waals surface area contributed by atoms with Gasteiger partial charge in [-0.1, -0.05) is 93.0 Å². The lowest BCUT2D eigenvalue weighted by Gasteiger charge is -2.42. The van der Waals surface area contributed by atoms with Gasteiger partial charge in [0.05, 0.1) is 17.5 Å². The molecule has 1 aliphatic heterocycles. The van der Waals surface area contributed by atoms with Crippen molar-refractivity contribution in [2.75, 3.05) is 4.90 Å². The Morgan fingerprint density at radius 1 is 1.00 bits per heavy atom. The van der Waals surface area contributed by atoms with Crippen LogP contribution in [0.3, 0.4) is 0 Å². The van der Waals surface area contributed by atoms with Crippen molar-refractivity contribution < 1.29 is 9.59 Å². The molecule has 0 N–H and O–H groups in total. The van der Waals surface area contributed by atoms with Crippen molar-refractivity contribution in [3.05, 3.63) is 101 Å². The van der Waals surface area contributed by atoms with Gasteiger partial charge in [-0.05, 0) is 34.7 Å². The molecule has 1 heterocycles. The molecule has 2 amide bonds. The van der Waals surface area contributed by atoms with Crippen LogP contribution in [0.4, 0.5) is 5.69 Å². The predicted molar refractivity (Wildman–Crippen MR) is 132 cm³/mol. The normalized spacial score (nSPS) is 16.2. The second-order valence-corrected chi connectivity index (χ2v) is 9.69. The summed E-state index contributed by atoms with van der Waals surface area (Å²) in [5, 5.41) is 6.37. The van der Waals surface area contributed by atoms with E-state index in [9.17, 15) is 9.59 Å². The lowest BCUT2D eigenvalue weighted by Crippen LogP contribution is -2.50. The number of fused-ring (bicyclic) bond motifs is 1. The fraction of sp³-hybridized carbons (Fsp3) is 0.222. The molecule has 3 aromatic rings. The Hall–Kier alpha value is -3.44. The summed E-state index contributed by atoms with van der Waals surface area (Å²) in [7, 11) is 0. The van der Waals surface area contributed by atoms with Gasteiger partial charge in [-0.25, -0.2) is 5.01 Å². The van der Waals surface area contributed by atoms with E-state index in [0.29, 0.717) is 22.7 Å². The standard InChI is InChI=1S/C27H26ClN3O2/c1-27(2,3)17-24(32)30-23-15-14-21(28)16-22(23)26(33)31(25(30)20-12-8-5-9-13-20)29-18-19-10-6-4-7-11-19/h4-16,18,25H,17H2,1-3H3/b29-18+. The summed E-state index contributed by atoms with van der Waals surface area (Å²) in [6, 6.07) is 24.1. The van der Waals surface area contributed by atoms with Gasteiger partial charge in [-0.15, -0.1) is 0 Å². The average Bonchev–Trinajstić information content (AvgIpc) is 2.78. The molecule has 6 heteroatoms. The molecule has 4 rings (SSSR count). The number of benzene rings is 3. The molecule has 33 heavy (non-hydrogen) atoms. The zero-order valence-corrected chi connectivity index (χ0v) is 19.7. The number of anilines is 1. The minimum Gasteiger partial charge on any atom is -0.284 e. The quantitative estimate of drug-likeness (QED) is 0.430. The maximum absolute atomic E-state index is 13.7. The van der Waals surface area contributed by atoms with E-state index in [1.54, 1.807) is 29.3 Å². The number of hydrazone groups is 1. The van der Waals surface area contributed by atoms with Crippen LogP contribution in [-0.2, 0) is 4.79 Å². The van der Waals surface area contributed by atoms with Crippen molar-refractivity contribution in [3.63, 3.8) is 0 Å². The van der Waals surface area contributed by atoms with Gasteiger partial charge in [0.2, 0.25) is 5.91 Å². The number of carbonyl (C=O) groups is 2. The highest BCUT2D eigenvalue weighted by Gasteiger charge is 2.42. The molecule has 0 aliphatic carbocycles. The molecule has 0 saturated carbocycles. The van der Waals surface area contributed by atoms with E-state index in [0.717, 1.165) is 11.1 Å². The molecule has 3 aromatic carbocycles. The van der Waals surface area contributed by atoms with Crippen LogP contribution in [-0.4, -0.2) is 23.0 Å². The minimum absolute atomic E-state index is 0.0904. The molecule has 0 aromatic heterocycles. The molecule has 1 atom stereocenters. The predicted octanol–water partition coefficient (Wildman–Crippen LogP) is 6.30. The third-order valence-corrected chi connectivity index (χ3v) is 5.55. The van der Waals surface area contributed by atoms with Crippen LogP contribution in [0.5, 0.6) is 0 Å². The highest BCUT2D eigenvalue weighted by Crippen LogP contribution is 2.41. The Morgan fingerprint density at radius 3 is 2.27 bits per heavy atom. The second kappa shape index (κ2) is 9.20. The highest BCUT2D eigenvalue weighted by atomic mass is 35.5. The van der Waals surface area contributed by atoms with Crippen molar-refractivity contribution in [1.29, 1.82) is 0 Å². The van der Waals surface area contributed by atoms with Gasteiger partial charge < -0.3 is 0 Å². The average molecular weight is 460 g/mol. The van der Waals surface area contributed by atoms with E-state index in [1.165, 1.54) is 5.01 Å². The summed E-state index contributed by atoms with van der Waals surface area (Å²) >= 11 is 6.24. The number of halogens is 1. The Morgan fingerprint density at radius 2 is 1.64 bits per heavy atom. The Bertz CT molecular complexity index is 1190. The molecule has 5 nitrogen and oxygen atoms in total. The summed E-state index contributed by atoms with van der Waals surface area (Å²) in [6.45, 7) is 6.06. The zero-order valence-electron chi connectivity index (χ0n) is 18.9. The van der Waals surface area contributed by atoms with Crippen LogP contribution in [0.15, 0.2) is 84.0 Å².